The number of likely N-dealkylation sites (tertiary alicyclic amines) is 2. The topological polar surface area (TPSA) is 42.9 Å². The van der Waals surface area contributed by atoms with Crippen LogP contribution in [0.3, 0.4) is 0 Å². The maximum absolute atomic E-state index is 4.51. The maximum atomic E-state index is 4.51. The Morgan fingerprint density at radius 1 is 0.963 bits per heavy atom. The smallest absolute Gasteiger partial charge is 0.191 e. The summed E-state index contributed by atoms with van der Waals surface area (Å²) in [6, 6.07) is 0. The molecule has 3 aliphatic heterocycles. The number of rotatable bonds is 5. The third kappa shape index (κ3) is 6.37. The number of hydrogen-bond acceptors (Lipinski definition) is 4. The van der Waals surface area contributed by atoms with Gasteiger partial charge in [0.1, 0.15) is 0 Å². The van der Waals surface area contributed by atoms with Crippen LogP contribution in [0, 0.1) is 0 Å². The third-order valence-corrected chi connectivity index (χ3v) is 8.22. The fourth-order valence-electron chi connectivity index (χ4n) is 4.72. The van der Waals surface area contributed by atoms with Gasteiger partial charge in [0.25, 0.3) is 0 Å². The summed E-state index contributed by atoms with van der Waals surface area (Å²) >= 11 is 2.11. The molecule has 0 aromatic carbocycles. The predicted molar refractivity (Wildman–Crippen MR) is 130 cm³/mol. The highest BCUT2D eigenvalue weighted by atomic mass is 127. The Balaban J connectivity index is 0.00000261. The summed E-state index contributed by atoms with van der Waals surface area (Å²) in [5, 5.41) is 7.31. The second-order valence-corrected chi connectivity index (χ2v) is 10.4. The molecule has 3 fully saturated rings. The summed E-state index contributed by atoms with van der Waals surface area (Å²) in [7, 11) is 4.16. The van der Waals surface area contributed by atoms with Crippen LogP contribution >= 0.6 is 35.7 Å². The maximum Gasteiger partial charge on any atom is 0.191 e. The molecule has 7 heteroatoms. The number of nitrogens with zero attached hydrogens (tertiary/aromatic N) is 3. The van der Waals surface area contributed by atoms with Gasteiger partial charge in [-0.05, 0) is 84.4 Å². The first-order valence-corrected chi connectivity index (χ1v) is 11.6. The first kappa shape index (κ1) is 23.5. The molecule has 158 valence electrons. The van der Waals surface area contributed by atoms with Crippen molar-refractivity contribution in [2.75, 3.05) is 59.1 Å². The molecule has 0 aliphatic carbocycles. The van der Waals surface area contributed by atoms with Crippen LogP contribution in [-0.4, -0.2) is 85.2 Å². The number of guanidine groups is 1. The molecular formula is C20H40IN5S. The minimum Gasteiger partial charge on any atom is -0.355 e. The van der Waals surface area contributed by atoms with Crippen molar-refractivity contribution in [1.29, 1.82) is 0 Å². The van der Waals surface area contributed by atoms with Crippen LogP contribution < -0.4 is 10.6 Å². The lowest BCUT2D eigenvalue weighted by Crippen LogP contribution is -2.62. The van der Waals surface area contributed by atoms with Crippen molar-refractivity contribution in [2.45, 2.75) is 62.2 Å². The Hall–Kier alpha value is 0.270. The van der Waals surface area contributed by atoms with E-state index in [0.29, 0.717) is 10.3 Å². The predicted octanol–water partition coefficient (Wildman–Crippen LogP) is 3.01. The lowest BCUT2D eigenvalue weighted by Gasteiger charge is -2.50. The Morgan fingerprint density at radius 2 is 1.63 bits per heavy atom. The number of halogens is 1. The van der Waals surface area contributed by atoms with Crippen LogP contribution in [0.15, 0.2) is 4.99 Å². The molecule has 27 heavy (non-hydrogen) atoms. The Bertz CT molecular complexity index is 467. The van der Waals surface area contributed by atoms with Gasteiger partial charge in [-0.2, -0.15) is 11.8 Å². The van der Waals surface area contributed by atoms with Crippen molar-refractivity contribution in [3.05, 3.63) is 0 Å². The molecular weight excluding hydrogens is 469 g/mol. The van der Waals surface area contributed by atoms with Gasteiger partial charge in [-0.3, -0.25) is 9.89 Å². The van der Waals surface area contributed by atoms with Gasteiger partial charge >= 0.3 is 0 Å². The summed E-state index contributed by atoms with van der Waals surface area (Å²) < 4.78 is 0.371. The van der Waals surface area contributed by atoms with E-state index >= 15 is 0 Å². The first-order valence-electron chi connectivity index (χ1n) is 10.6. The molecule has 5 nitrogen and oxygen atoms in total. The third-order valence-electron chi connectivity index (χ3n) is 6.68. The van der Waals surface area contributed by atoms with E-state index in [1.54, 1.807) is 0 Å². The Labute approximate surface area is 187 Å². The zero-order valence-electron chi connectivity index (χ0n) is 17.6. The van der Waals surface area contributed by atoms with Crippen LogP contribution in [-0.2, 0) is 0 Å². The van der Waals surface area contributed by atoms with E-state index in [2.05, 4.69) is 51.2 Å². The van der Waals surface area contributed by atoms with E-state index < -0.39 is 0 Å². The van der Waals surface area contributed by atoms with E-state index in [1.807, 2.05) is 7.05 Å². The van der Waals surface area contributed by atoms with Crippen LogP contribution in [0.2, 0.25) is 0 Å². The number of thioether (sulfide) groups is 1. The second kappa shape index (κ2) is 10.9. The van der Waals surface area contributed by atoms with Crippen molar-refractivity contribution in [3.8, 4) is 0 Å². The molecule has 0 spiro atoms. The van der Waals surface area contributed by atoms with Crippen molar-refractivity contribution >= 4 is 41.7 Å². The molecule has 0 saturated carbocycles. The molecule has 2 N–H and O–H groups in total. The van der Waals surface area contributed by atoms with E-state index in [-0.39, 0.29) is 24.0 Å². The number of piperidine rings is 2. The molecule has 1 unspecified atom stereocenters. The Kier molecular flexibility index (Phi) is 9.49. The van der Waals surface area contributed by atoms with Gasteiger partial charge in [-0.25, -0.2) is 0 Å². The van der Waals surface area contributed by atoms with E-state index in [9.17, 15) is 0 Å². The molecule has 3 saturated heterocycles. The zero-order chi connectivity index (χ0) is 18.5. The van der Waals surface area contributed by atoms with Gasteiger partial charge in [0.15, 0.2) is 5.96 Å². The molecule has 1 atom stereocenters. The van der Waals surface area contributed by atoms with Gasteiger partial charge < -0.3 is 15.5 Å². The minimum absolute atomic E-state index is 0. The Morgan fingerprint density at radius 3 is 2.22 bits per heavy atom. The van der Waals surface area contributed by atoms with Crippen LogP contribution in [0.25, 0.3) is 0 Å². The number of nitrogens with one attached hydrogen (secondary N) is 2. The van der Waals surface area contributed by atoms with Gasteiger partial charge in [0, 0.05) is 30.4 Å². The monoisotopic (exact) mass is 509 g/mol. The lowest BCUT2D eigenvalue weighted by molar-refractivity contribution is 0.0173. The van der Waals surface area contributed by atoms with Gasteiger partial charge in [0.2, 0.25) is 0 Å². The van der Waals surface area contributed by atoms with Crippen LogP contribution in [0.4, 0.5) is 0 Å². The normalized spacial score (nSPS) is 30.0. The standard InChI is InChI=1S/C20H39N5S.HI/c1-19(8-7-15-26-19)16-22-18(21-2)23-17-20(9-13-24(3)14-10-20)25-11-5-4-6-12-25;/h4-17H2,1-3H3,(H2,21,22,23);1H. The number of aliphatic imine (C=N–C) groups is 1. The highest BCUT2D eigenvalue weighted by Crippen LogP contribution is 2.37. The number of hydrogen-bond donors (Lipinski definition) is 2. The van der Waals surface area contributed by atoms with E-state index in [0.717, 1.165) is 19.0 Å². The highest BCUT2D eigenvalue weighted by molar-refractivity contribution is 14.0. The average Bonchev–Trinajstić information content (AvgIpc) is 3.11. The zero-order valence-corrected chi connectivity index (χ0v) is 20.7. The second-order valence-electron chi connectivity index (χ2n) is 8.76. The molecule has 3 heterocycles. The first-order chi connectivity index (χ1) is 12.6. The molecule has 0 aromatic rings. The molecule has 0 amide bonds. The summed E-state index contributed by atoms with van der Waals surface area (Å²) in [4.78, 5) is 9.78. The van der Waals surface area contributed by atoms with Crippen molar-refractivity contribution in [2.24, 2.45) is 4.99 Å². The van der Waals surface area contributed by atoms with E-state index in [1.165, 1.54) is 76.9 Å². The van der Waals surface area contributed by atoms with Crippen molar-refractivity contribution in [1.82, 2.24) is 20.4 Å². The average molecular weight is 510 g/mol. The molecule has 3 rings (SSSR count). The lowest BCUT2D eigenvalue weighted by atomic mass is 9.84. The van der Waals surface area contributed by atoms with E-state index in [4.69, 9.17) is 0 Å². The molecule has 0 radical (unpaired) electrons. The quantitative estimate of drug-likeness (QED) is 0.339. The van der Waals surface area contributed by atoms with Crippen LogP contribution in [0.5, 0.6) is 0 Å². The molecule has 0 bridgehead atoms. The minimum atomic E-state index is 0. The van der Waals surface area contributed by atoms with Crippen LogP contribution in [0.1, 0.15) is 51.9 Å². The fraction of sp³-hybridized carbons (Fsp3) is 0.950. The SMILES string of the molecule is CN=C(NCC1(C)CCCS1)NCC1(N2CCCCC2)CCN(C)CC1.I. The van der Waals surface area contributed by atoms with Crippen molar-refractivity contribution in [3.63, 3.8) is 0 Å². The van der Waals surface area contributed by atoms with Crippen molar-refractivity contribution < 1.29 is 0 Å². The molecule has 0 aromatic heterocycles. The largest absolute Gasteiger partial charge is 0.355 e. The summed E-state index contributed by atoms with van der Waals surface area (Å²) in [5.74, 6) is 2.28. The summed E-state index contributed by atoms with van der Waals surface area (Å²) in [5.41, 5.74) is 0.302. The highest BCUT2D eigenvalue weighted by Gasteiger charge is 2.39. The van der Waals surface area contributed by atoms with Gasteiger partial charge in [-0.15, -0.1) is 24.0 Å². The van der Waals surface area contributed by atoms with Gasteiger partial charge in [0.05, 0.1) is 0 Å². The summed E-state index contributed by atoms with van der Waals surface area (Å²) in [6.07, 6.45) is 9.31. The fourth-order valence-corrected chi connectivity index (χ4v) is 5.97. The molecule has 3 aliphatic rings. The van der Waals surface area contributed by atoms with Gasteiger partial charge in [-0.1, -0.05) is 6.42 Å². The summed E-state index contributed by atoms with van der Waals surface area (Å²) in [6.45, 7) is 9.37.